The summed E-state index contributed by atoms with van der Waals surface area (Å²) in [5.74, 6) is -2.13. The number of hydrogen-bond donors (Lipinski definition) is 1. The van der Waals surface area contributed by atoms with E-state index in [1.54, 1.807) is 17.5 Å². The Morgan fingerprint density at radius 1 is 1.19 bits per heavy atom. The van der Waals surface area contributed by atoms with Crippen LogP contribution in [0.2, 0.25) is 0 Å². The summed E-state index contributed by atoms with van der Waals surface area (Å²) in [5.41, 5.74) is 0.791. The van der Waals surface area contributed by atoms with E-state index >= 15 is 0 Å². The van der Waals surface area contributed by atoms with Crippen molar-refractivity contribution in [3.63, 3.8) is 0 Å². The lowest BCUT2D eigenvalue weighted by Gasteiger charge is -2.24. The highest BCUT2D eigenvalue weighted by Crippen LogP contribution is 2.24. The minimum Gasteiger partial charge on any atom is -0.338 e. The maximum Gasteiger partial charge on any atom is 0.339 e. The molecule has 2 aliphatic heterocycles. The number of amides is 4. The monoisotopic (exact) mass is 386 g/mol. The molecule has 1 aromatic carbocycles. The van der Waals surface area contributed by atoms with E-state index in [-0.39, 0.29) is 23.6 Å². The number of rotatable bonds is 4. The number of fused-ring (bicyclic) bond motifs is 1. The fourth-order valence-corrected chi connectivity index (χ4v) is 3.69. The van der Waals surface area contributed by atoms with Crippen LogP contribution < -0.4 is 10.2 Å². The van der Waals surface area contributed by atoms with Gasteiger partial charge in [0.25, 0.3) is 11.8 Å². The zero-order chi connectivity index (χ0) is 19.0. The first kappa shape index (κ1) is 17.2. The molecule has 0 saturated carbocycles. The lowest BCUT2D eigenvalue weighted by Crippen LogP contribution is -2.46. The predicted octanol–water partition coefficient (Wildman–Crippen LogP) is 1.36. The SMILES string of the molecule is O=C(Cc1csc(N2CCCNC2=O)n1)ON1C(=O)c2ccccc2C1=O. The summed E-state index contributed by atoms with van der Waals surface area (Å²) >= 11 is 1.23. The molecule has 1 fully saturated rings. The molecule has 1 saturated heterocycles. The van der Waals surface area contributed by atoms with E-state index in [1.165, 1.54) is 28.4 Å². The number of aromatic nitrogens is 1. The van der Waals surface area contributed by atoms with Gasteiger partial charge >= 0.3 is 12.0 Å². The largest absolute Gasteiger partial charge is 0.339 e. The fourth-order valence-electron chi connectivity index (χ4n) is 2.85. The zero-order valence-corrected chi connectivity index (χ0v) is 14.8. The summed E-state index contributed by atoms with van der Waals surface area (Å²) in [6.07, 6.45) is 0.585. The molecule has 1 aromatic heterocycles. The van der Waals surface area contributed by atoms with Crippen molar-refractivity contribution in [3.8, 4) is 0 Å². The van der Waals surface area contributed by atoms with Crippen molar-refractivity contribution >= 4 is 40.3 Å². The minimum atomic E-state index is -0.788. The molecule has 0 spiro atoms. The molecule has 4 rings (SSSR count). The van der Waals surface area contributed by atoms with Gasteiger partial charge in [0.05, 0.1) is 23.2 Å². The topological polar surface area (TPSA) is 109 Å². The van der Waals surface area contributed by atoms with E-state index in [0.717, 1.165) is 6.42 Å². The van der Waals surface area contributed by atoms with Gasteiger partial charge in [-0.15, -0.1) is 11.3 Å². The number of hydrogen-bond acceptors (Lipinski definition) is 7. The van der Waals surface area contributed by atoms with Crippen molar-refractivity contribution in [2.24, 2.45) is 0 Å². The van der Waals surface area contributed by atoms with Crippen LogP contribution in [0.4, 0.5) is 9.93 Å². The lowest BCUT2D eigenvalue weighted by molar-refractivity contribution is -0.167. The van der Waals surface area contributed by atoms with Gasteiger partial charge in [-0.1, -0.05) is 17.2 Å². The van der Waals surface area contributed by atoms with Gasteiger partial charge in [-0.05, 0) is 18.6 Å². The van der Waals surface area contributed by atoms with Crippen LogP contribution in [0.5, 0.6) is 0 Å². The van der Waals surface area contributed by atoms with Gasteiger partial charge in [0.2, 0.25) is 0 Å². The summed E-state index contributed by atoms with van der Waals surface area (Å²) in [6, 6.07) is 6.03. The Morgan fingerprint density at radius 2 is 1.89 bits per heavy atom. The molecular formula is C17H14N4O5S. The summed E-state index contributed by atoms with van der Waals surface area (Å²) < 4.78 is 0. The number of urea groups is 1. The number of hydroxylamine groups is 2. The molecule has 10 heteroatoms. The first-order valence-corrected chi connectivity index (χ1v) is 9.11. The Morgan fingerprint density at radius 3 is 2.56 bits per heavy atom. The average molecular weight is 386 g/mol. The van der Waals surface area contributed by atoms with E-state index in [4.69, 9.17) is 4.84 Å². The summed E-state index contributed by atoms with van der Waals surface area (Å²) in [5, 5.41) is 5.32. The second kappa shape index (κ2) is 6.80. The van der Waals surface area contributed by atoms with Crippen LogP contribution in [0.25, 0.3) is 0 Å². The van der Waals surface area contributed by atoms with Gasteiger partial charge in [-0.3, -0.25) is 14.5 Å². The van der Waals surface area contributed by atoms with Crippen LogP contribution in [0.1, 0.15) is 32.8 Å². The van der Waals surface area contributed by atoms with E-state index in [9.17, 15) is 19.2 Å². The number of carbonyl (C=O) groups is 4. The fraction of sp³-hybridized carbons (Fsp3) is 0.235. The Labute approximate surface area is 157 Å². The van der Waals surface area contributed by atoms with Crippen LogP contribution in [0, 0.1) is 0 Å². The summed E-state index contributed by atoms with van der Waals surface area (Å²) in [6.45, 7) is 1.18. The van der Waals surface area contributed by atoms with Crippen molar-refractivity contribution in [2.45, 2.75) is 12.8 Å². The quantitative estimate of drug-likeness (QED) is 0.795. The lowest BCUT2D eigenvalue weighted by atomic mass is 10.1. The highest BCUT2D eigenvalue weighted by molar-refractivity contribution is 7.14. The van der Waals surface area contributed by atoms with E-state index in [1.807, 2.05) is 0 Å². The van der Waals surface area contributed by atoms with Crippen LogP contribution >= 0.6 is 11.3 Å². The number of anilines is 1. The number of thiazole rings is 1. The standard InChI is InChI=1S/C17H14N4O5S/c22-13(26-21-14(23)11-4-1-2-5-12(11)15(21)24)8-10-9-27-17(19-10)20-7-3-6-18-16(20)25/h1-2,4-5,9H,3,6-8H2,(H,18,25). The van der Waals surface area contributed by atoms with Crippen molar-refractivity contribution in [1.29, 1.82) is 0 Å². The van der Waals surface area contributed by atoms with Crippen molar-refractivity contribution in [3.05, 3.63) is 46.5 Å². The Hall–Kier alpha value is -3.27. The number of nitrogens with one attached hydrogen (secondary N) is 1. The first-order valence-electron chi connectivity index (χ1n) is 8.23. The van der Waals surface area contributed by atoms with Crippen LogP contribution in [-0.2, 0) is 16.1 Å². The molecule has 0 atom stereocenters. The minimum absolute atomic E-state index is 0.197. The molecule has 27 heavy (non-hydrogen) atoms. The van der Waals surface area contributed by atoms with Crippen LogP contribution in [0.15, 0.2) is 29.6 Å². The molecule has 3 heterocycles. The Kier molecular flexibility index (Phi) is 4.32. The number of imide groups is 1. The molecule has 0 bridgehead atoms. The van der Waals surface area contributed by atoms with Crippen LogP contribution in [-0.4, -0.2) is 47.0 Å². The normalized spacial score (nSPS) is 16.4. The third kappa shape index (κ3) is 3.14. The summed E-state index contributed by atoms with van der Waals surface area (Å²) in [7, 11) is 0. The molecule has 2 aromatic rings. The molecule has 138 valence electrons. The molecule has 0 unspecified atom stereocenters. The molecule has 9 nitrogen and oxygen atoms in total. The van der Waals surface area contributed by atoms with Crippen molar-refractivity contribution in [1.82, 2.24) is 15.4 Å². The zero-order valence-electron chi connectivity index (χ0n) is 14.0. The Balaban J connectivity index is 1.41. The smallest absolute Gasteiger partial charge is 0.338 e. The highest BCUT2D eigenvalue weighted by Gasteiger charge is 2.38. The van der Waals surface area contributed by atoms with Gasteiger partial charge < -0.3 is 10.2 Å². The highest BCUT2D eigenvalue weighted by atomic mass is 32.1. The third-order valence-electron chi connectivity index (χ3n) is 4.13. The molecule has 4 amide bonds. The second-order valence-electron chi connectivity index (χ2n) is 5.95. The van der Waals surface area contributed by atoms with Crippen LogP contribution in [0.3, 0.4) is 0 Å². The maximum absolute atomic E-state index is 12.2. The summed E-state index contributed by atoms with van der Waals surface area (Å²) in [4.78, 5) is 59.2. The van der Waals surface area contributed by atoms with E-state index in [2.05, 4.69) is 10.3 Å². The molecule has 1 N–H and O–H groups in total. The number of carbonyl (C=O) groups excluding carboxylic acids is 4. The molecule has 0 radical (unpaired) electrons. The number of benzene rings is 1. The number of nitrogens with zero attached hydrogens (tertiary/aromatic N) is 3. The maximum atomic E-state index is 12.2. The van der Waals surface area contributed by atoms with Gasteiger partial charge in [0, 0.05) is 18.5 Å². The second-order valence-corrected chi connectivity index (χ2v) is 6.79. The predicted molar refractivity (Wildman–Crippen MR) is 94.2 cm³/mol. The third-order valence-corrected chi connectivity index (χ3v) is 5.04. The van der Waals surface area contributed by atoms with Gasteiger partial charge in [0.15, 0.2) is 5.13 Å². The molecule has 2 aliphatic rings. The van der Waals surface area contributed by atoms with Gasteiger partial charge in [0.1, 0.15) is 0 Å². The Bertz CT molecular complexity index is 921. The van der Waals surface area contributed by atoms with Gasteiger partial charge in [-0.25, -0.2) is 14.6 Å². The van der Waals surface area contributed by atoms with E-state index in [0.29, 0.717) is 29.0 Å². The van der Waals surface area contributed by atoms with Crippen molar-refractivity contribution < 1.29 is 24.0 Å². The average Bonchev–Trinajstić information content (AvgIpc) is 3.21. The van der Waals surface area contributed by atoms with Gasteiger partial charge in [-0.2, -0.15) is 0 Å². The van der Waals surface area contributed by atoms with E-state index < -0.39 is 17.8 Å². The van der Waals surface area contributed by atoms with Crippen molar-refractivity contribution in [2.75, 3.05) is 18.0 Å². The first-order chi connectivity index (χ1) is 13.0. The molecule has 0 aliphatic carbocycles. The molecular weight excluding hydrogens is 372 g/mol.